The molecular weight excluding hydrogens is 312 g/mol. The number of benzene rings is 2. The first-order valence-corrected chi connectivity index (χ1v) is 7.61. The largest absolute Gasteiger partial charge is 0.493 e. The SMILES string of the molecule is Cl.O=C(CCOc1ccccc1)Nc1ccc2c(c1)CNCC2. The fourth-order valence-electron chi connectivity index (χ4n) is 2.56. The maximum Gasteiger partial charge on any atom is 0.227 e. The third-order valence-corrected chi connectivity index (χ3v) is 3.72. The summed E-state index contributed by atoms with van der Waals surface area (Å²) in [5, 5.41) is 6.27. The molecule has 0 bridgehead atoms. The summed E-state index contributed by atoms with van der Waals surface area (Å²) in [6.45, 7) is 2.27. The van der Waals surface area contributed by atoms with E-state index in [0.29, 0.717) is 13.0 Å². The van der Waals surface area contributed by atoms with Crippen LogP contribution in [-0.2, 0) is 17.8 Å². The molecule has 0 fully saturated rings. The fraction of sp³-hybridized carbons (Fsp3) is 0.278. The third kappa shape index (κ3) is 4.98. The molecule has 0 aromatic heterocycles. The number of rotatable bonds is 5. The predicted octanol–water partition coefficient (Wildman–Crippen LogP) is 3.16. The molecule has 0 unspecified atom stereocenters. The van der Waals surface area contributed by atoms with Gasteiger partial charge in [-0.15, -0.1) is 12.4 Å². The first-order chi connectivity index (χ1) is 10.8. The Balaban J connectivity index is 0.00000192. The van der Waals surface area contributed by atoms with Gasteiger partial charge < -0.3 is 15.4 Å². The van der Waals surface area contributed by atoms with Crippen LogP contribution < -0.4 is 15.4 Å². The molecule has 122 valence electrons. The number of amides is 1. The van der Waals surface area contributed by atoms with Crippen LogP contribution in [0.15, 0.2) is 48.5 Å². The number of anilines is 1. The van der Waals surface area contributed by atoms with Crippen molar-refractivity contribution >= 4 is 24.0 Å². The number of carbonyl (C=O) groups is 1. The minimum atomic E-state index is -0.0281. The molecule has 5 heteroatoms. The van der Waals surface area contributed by atoms with Gasteiger partial charge >= 0.3 is 0 Å². The zero-order valence-electron chi connectivity index (χ0n) is 12.9. The van der Waals surface area contributed by atoms with Crippen molar-refractivity contribution in [1.82, 2.24) is 5.32 Å². The number of hydrogen-bond acceptors (Lipinski definition) is 3. The molecule has 0 saturated carbocycles. The maximum absolute atomic E-state index is 12.0. The summed E-state index contributed by atoms with van der Waals surface area (Å²) in [6, 6.07) is 15.7. The lowest BCUT2D eigenvalue weighted by molar-refractivity contribution is -0.116. The van der Waals surface area contributed by atoms with Crippen LogP contribution in [0.3, 0.4) is 0 Å². The molecule has 2 aromatic rings. The molecule has 0 aliphatic carbocycles. The van der Waals surface area contributed by atoms with Gasteiger partial charge in [-0.25, -0.2) is 0 Å². The highest BCUT2D eigenvalue weighted by atomic mass is 35.5. The van der Waals surface area contributed by atoms with Gasteiger partial charge in [-0.3, -0.25) is 4.79 Å². The van der Waals surface area contributed by atoms with Crippen LogP contribution in [0.25, 0.3) is 0 Å². The number of para-hydroxylation sites is 1. The standard InChI is InChI=1S/C18H20N2O2.ClH/c21-18(9-11-22-17-4-2-1-3-5-17)20-16-7-6-14-8-10-19-13-15(14)12-16;/h1-7,12,19H,8-11,13H2,(H,20,21);1H. The second-order valence-electron chi connectivity index (χ2n) is 5.37. The second kappa shape index (κ2) is 8.56. The van der Waals surface area contributed by atoms with Gasteiger partial charge in [-0.2, -0.15) is 0 Å². The Morgan fingerprint density at radius 3 is 2.78 bits per heavy atom. The Bertz CT molecular complexity index is 647. The average molecular weight is 333 g/mol. The Hall–Kier alpha value is -2.04. The quantitative estimate of drug-likeness (QED) is 0.884. The van der Waals surface area contributed by atoms with E-state index in [1.54, 1.807) is 0 Å². The van der Waals surface area contributed by atoms with Gasteiger partial charge in [0.1, 0.15) is 5.75 Å². The highest BCUT2D eigenvalue weighted by Crippen LogP contribution is 2.19. The normalized spacial score (nSPS) is 12.7. The van der Waals surface area contributed by atoms with Crippen molar-refractivity contribution in [3.05, 3.63) is 59.7 Å². The van der Waals surface area contributed by atoms with Gasteiger partial charge in [0.25, 0.3) is 0 Å². The van der Waals surface area contributed by atoms with E-state index >= 15 is 0 Å². The molecule has 1 aliphatic heterocycles. The third-order valence-electron chi connectivity index (χ3n) is 3.72. The number of nitrogens with one attached hydrogen (secondary N) is 2. The van der Waals surface area contributed by atoms with E-state index in [1.165, 1.54) is 11.1 Å². The average Bonchev–Trinajstić information content (AvgIpc) is 2.56. The molecule has 0 saturated heterocycles. The smallest absolute Gasteiger partial charge is 0.227 e. The molecule has 2 N–H and O–H groups in total. The van der Waals surface area contributed by atoms with E-state index in [4.69, 9.17) is 4.74 Å². The van der Waals surface area contributed by atoms with Crippen molar-refractivity contribution in [2.75, 3.05) is 18.5 Å². The van der Waals surface area contributed by atoms with Crippen LogP contribution in [0, 0.1) is 0 Å². The molecule has 1 aliphatic rings. The van der Waals surface area contributed by atoms with Crippen molar-refractivity contribution in [2.24, 2.45) is 0 Å². The van der Waals surface area contributed by atoms with Gasteiger partial charge in [-0.1, -0.05) is 24.3 Å². The van der Waals surface area contributed by atoms with Crippen LogP contribution in [0.2, 0.25) is 0 Å². The molecule has 1 amide bonds. The number of carbonyl (C=O) groups excluding carboxylic acids is 1. The lowest BCUT2D eigenvalue weighted by Crippen LogP contribution is -2.24. The highest BCUT2D eigenvalue weighted by Gasteiger charge is 2.10. The van der Waals surface area contributed by atoms with E-state index in [-0.39, 0.29) is 18.3 Å². The summed E-state index contributed by atoms with van der Waals surface area (Å²) in [5.41, 5.74) is 3.49. The van der Waals surface area contributed by atoms with Crippen LogP contribution in [0.1, 0.15) is 17.5 Å². The van der Waals surface area contributed by atoms with Crippen LogP contribution in [0.4, 0.5) is 5.69 Å². The number of fused-ring (bicyclic) bond motifs is 1. The van der Waals surface area contributed by atoms with Crippen molar-refractivity contribution in [2.45, 2.75) is 19.4 Å². The predicted molar refractivity (Wildman–Crippen MR) is 94.3 cm³/mol. The maximum atomic E-state index is 12.0. The first kappa shape index (κ1) is 17.3. The lowest BCUT2D eigenvalue weighted by Gasteiger charge is -2.18. The van der Waals surface area contributed by atoms with Crippen molar-refractivity contribution in [3.63, 3.8) is 0 Å². The number of hydrogen-bond donors (Lipinski definition) is 2. The fourth-order valence-corrected chi connectivity index (χ4v) is 2.56. The molecule has 0 spiro atoms. The van der Waals surface area contributed by atoms with E-state index in [2.05, 4.69) is 22.8 Å². The molecule has 4 nitrogen and oxygen atoms in total. The number of halogens is 1. The van der Waals surface area contributed by atoms with Gasteiger partial charge in [-0.05, 0) is 48.4 Å². The van der Waals surface area contributed by atoms with Gasteiger partial charge in [0, 0.05) is 12.2 Å². The molecule has 0 radical (unpaired) electrons. The first-order valence-electron chi connectivity index (χ1n) is 7.61. The van der Waals surface area contributed by atoms with Crippen LogP contribution in [-0.4, -0.2) is 19.1 Å². The Labute approximate surface area is 142 Å². The second-order valence-corrected chi connectivity index (χ2v) is 5.37. The monoisotopic (exact) mass is 332 g/mol. The van der Waals surface area contributed by atoms with Crippen LogP contribution in [0.5, 0.6) is 5.75 Å². The zero-order chi connectivity index (χ0) is 15.2. The Morgan fingerprint density at radius 2 is 1.96 bits per heavy atom. The summed E-state index contributed by atoms with van der Waals surface area (Å²) in [4.78, 5) is 12.0. The molecule has 23 heavy (non-hydrogen) atoms. The molecule has 0 atom stereocenters. The molecule has 3 rings (SSSR count). The van der Waals surface area contributed by atoms with Crippen LogP contribution >= 0.6 is 12.4 Å². The minimum Gasteiger partial charge on any atom is -0.493 e. The van der Waals surface area contributed by atoms with E-state index in [1.807, 2.05) is 36.4 Å². The molecule has 2 aromatic carbocycles. The highest BCUT2D eigenvalue weighted by molar-refractivity contribution is 5.90. The minimum absolute atomic E-state index is 0. The molecular formula is C18H21ClN2O2. The summed E-state index contributed by atoms with van der Waals surface area (Å²) in [6.07, 6.45) is 1.39. The Kier molecular flexibility index (Phi) is 6.44. The summed E-state index contributed by atoms with van der Waals surface area (Å²) in [5.74, 6) is 0.759. The number of ether oxygens (including phenoxy) is 1. The van der Waals surface area contributed by atoms with Crippen molar-refractivity contribution in [1.29, 1.82) is 0 Å². The lowest BCUT2D eigenvalue weighted by atomic mass is 10.0. The molecule has 1 heterocycles. The van der Waals surface area contributed by atoms with E-state index < -0.39 is 0 Å². The summed E-state index contributed by atoms with van der Waals surface area (Å²) in [7, 11) is 0. The summed E-state index contributed by atoms with van der Waals surface area (Å²) >= 11 is 0. The zero-order valence-corrected chi connectivity index (χ0v) is 13.7. The van der Waals surface area contributed by atoms with Gasteiger partial charge in [0.2, 0.25) is 5.91 Å². The van der Waals surface area contributed by atoms with Crippen molar-refractivity contribution < 1.29 is 9.53 Å². The topological polar surface area (TPSA) is 50.4 Å². The van der Waals surface area contributed by atoms with Crippen molar-refractivity contribution in [3.8, 4) is 5.75 Å². The van der Waals surface area contributed by atoms with Gasteiger partial charge in [0.05, 0.1) is 13.0 Å². The summed E-state index contributed by atoms with van der Waals surface area (Å²) < 4.78 is 5.53. The van der Waals surface area contributed by atoms with E-state index in [0.717, 1.165) is 30.9 Å². The Morgan fingerprint density at radius 1 is 1.13 bits per heavy atom. The van der Waals surface area contributed by atoms with E-state index in [9.17, 15) is 4.79 Å². The van der Waals surface area contributed by atoms with Gasteiger partial charge in [0.15, 0.2) is 0 Å².